The van der Waals surface area contributed by atoms with Crippen molar-refractivity contribution in [3.63, 3.8) is 0 Å². The molecule has 1 aliphatic carbocycles. The molecule has 0 bridgehead atoms. The molecule has 0 saturated heterocycles. The number of nitrogens with zero attached hydrogens (tertiary/aromatic N) is 2. The standard InChI is InChI=1S/C51H34N2/c1-51(2)44-27-35(48-30-52-46-17-9-10-18-47(46)53-48)23-24-38(44)41-28-42-43(29-45(41)51)50(37-22-20-32-12-4-6-14-34(32)26-37)40-16-8-7-15-39(40)49(42)36-21-19-31-11-3-5-13-33(31)25-36/h3-30H,1-2H3. The van der Waals surface area contributed by atoms with Gasteiger partial charge in [-0.3, -0.25) is 4.98 Å². The molecule has 11 rings (SSSR count). The smallest absolute Gasteiger partial charge is 0.0894 e. The zero-order valence-corrected chi connectivity index (χ0v) is 29.6. The van der Waals surface area contributed by atoms with Crippen LogP contribution in [0.4, 0.5) is 0 Å². The number of hydrogen-bond acceptors (Lipinski definition) is 2. The summed E-state index contributed by atoms with van der Waals surface area (Å²) in [6.07, 6.45) is 1.91. The summed E-state index contributed by atoms with van der Waals surface area (Å²) in [5.41, 5.74) is 13.9. The molecule has 2 heteroatoms. The largest absolute Gasteiger partial charge is 0.252 e. The number of fused-ring (bicyclic) bond motifs is 8. The van der Waals surface area contributed by atoms with Crippen molar-refractivity contribution in [2.24, 2.45) is 0 Å². The number of aromatic nitrogens is 2. The van der Waals surface area contributed by atoms with Crippen molar-refractivity contribution >= 4 is 54.1 Å². The van der Waals surface area contributed by atoms with Crippen LogP contribution >= 0.6 is 0 Å². The maximum Gasteiger partial charge on any atom is 0.0894 e. The number of para-hydroxylation sites is 2. The fourth-order valence-corrected chi connectivity index (χ4v) is 8.97. The van der Waals surface area contributed by atoms with Gasteiger partial charge >= 0.3 is 0 Å². The van der Waals surface area contributed by atoms with E-state index in [0.717, 1.165) is 22.3 Å². The molecular weight excluding hydrogens is 641 g/mol. The Kier molecular flexibility index (Phi) is 6.33. The van der Waals surface area contributed by atoms with Crippen molar-refractivity contribution in [1.29, 1.82) is 0 Å². The third-order valence-corrected chi connectivity index (χ3v) is 11.6. The molecule has 0 aliphatic heterocycles. The average Bonchev–Trinajstić information content (AvgIpc) is 3.43. The zero-order chi connectivity index (χ0) is 35.3. The quantitative estimate of drug-likeness (QED) is 0.174. The summed E-state index contributed by atoms with van der Waals surface area (Å²) >= 11 is 0. The lowest BCUT2D eigenvalue weighted by Gasteiger charge is -2.24. The lowest BCUT2D eigenvalue weighted by Crippen LogP contribution is -2.15. The van der Waals surface area contributed by atoms with Crippen molar-refractivity contribution in [3.05, 3.63) is 181 Å². The van der Waals surface area contributed by atoms with Crippen molar-refractivity contribution < 1.29 is 0 Å². The lowest BCUT2D eigenvalue weighted by molar-refractivity contribution is 0.661. The van der Waals surface area contributed by atoms with Gasteiger partial charge in [0.1, 0.15) is 0 Å². The fraction of sp³-hybridized carbons (Fsp3) is 0.0588. The molecule has 0 fully saturated rings. The molecule has 2 nitrogen and oxygen atoms in total. The predicted molar refractivity (Wildman–Crippen MR) is 223 cm³/mol. The Bertz CT molecular complexity index is 3150. The highest BCUT2D eigenvalue weighted by Crippen LogP contribution is 2.54. The molecule has 0 unspecified atom stereocenters. The number of rotatable bonds is 3. The Labute approximate surface area is 308 Å². The molecule has 9 aromatic carbocycles. The molecule has 0 atom stereocenters. The van der Waals surface area contributed by atoms with Gasteiger partial charge in [-0.1, -0.05) is 135 Å². The van der Waals surface area contributed by atoms with Gasteiger partial charge in [0, 0.05) is 11.0 Å². The molecular formula is C51H34N2. The van der Waals surface area contributed by atoms with Gasteiger partial charge in [-0.2, -0.15) is 0 Å². The molecule has 0 amide bonds. The van der Waals surface area contributed by atoms with E-state index in [1.165, 1.54) is 87.6 Å². The first-order chi connectivity index (χ1) is 26.0. The Morgan fingerprint density at radius 2 is 0.925 bits per heavy atom. The van der Waals surface area contributed by atoms with Crippen molar-refractivity contribution in [1.82, 2.24) is 9.97 Å². The first-order valence-corrected chi connectivity index (χ1v) is 18.4. The van der Waals surface area contributed by atoms with E-state index in [1.54, 1.807) is 0 Å². The third kappa shape index (κ3) is 4.52. The molecule has 1 aromatic heterocycles. The highest BCUT2D eigenvalue weighted by Gasteiger charge is 2.37. The molecule has 10 aromatic rings. The highest BCUT2D eigenvalue weighted by molar-refractivity contribution is 6.23. The Balaban J connectivity index is 1.21. The lowest BCUT2D eigenvalue weighted by atomic mass is 9.79. The molecule has 1 heterocycles. The molecule has 0 radical (unpaired) electrons. The van der Waals surface area contributed by atoms with Crippen molar-refractivity contribution in [3.8, 4) is 44.6 Å². The summed E-state index contributed by atoms with van der Waals surface area (Å²) in [6.45, 7) is 4.75. The first-order valence-electron chi connectivity index (χ1n) is 18.4. The number of hydrogen-bond donors (Lipinski definition) is 0. The molecule has 1 aliphatic rings. The summed E-state index contributed by atoms with van der Waals surface area (Å²) < 4.78 is 0. The maximum absolute atomic E-state index is 5.01. The monoisotopic (exact) mass is 674 g/mol. The van der Waals surface area contributed by atoms with Crippen LogP contribution in [0.25, 0.3) is 98.8 Å². The summed E-state index contributed by atoms with van der Waals surface area (Å²) in [4.78, 5) is 9.76. The molecule has 248 valence electrons. The minimum atomic E-state index is -0.228. The van der Waals surface area contributed by atoms with E-state index in [2.05, 4.69) is 153 Å². The zero-order valence-electron chi connectivity index (χ0n) is 29.6. The van der Waals surface area contributed by atoms with Crippen LogP contribution < -0.4 is 0 Å². The van der Waals surface area contributed by atoms with Crippen LogP contribution in [0.3, 0.4) is 0 Å². The van der Waals surface area contributed by atoms with E-state index in [1.807, 2.05) is 30.5 Å². The second-order valence-corrected chi connectivity index (χ2v) is 15.0. The van der Waals surface area contributed by atoms with E-state index in [0.29, 0.717) is 0 Å². The maximum atomic E-state index is 5.01. The van der Waals surface area contributed by atoms with Crippen LogP contribution in [-0.2, 0) is 5.41 Å². The van der Waals surface area contributed by atoms with Gasteiger partial charge in [-0.25, -0.2) is 4.98 Å². The van der Waals surface area contributed by atoms with E-state index in [9.17, 15) is 0 Å². The molecule has 0 spiro atoms. The van der Waals surface area contributed by atoms with Crippen LogP contribution in [0.2, 0.25) is 0 Å². The fourth-order valence-electron chi connectivity index (χ4n) is 8.97. The highest BCUT2D eigenvalue weighted by atomic mass is 14.8. The van der Waals surface area contributed by atoms with E-state index < -0.39 is 0 Å². The Morgan fingerprint density at radius 1 is 0.396 bits per heavy atom. The van der Waals surface area contributed by atoms with E-state index in [4.69, 9.17) is 9.97 Å². The van der Waals surface area contributed by atoms with Crippen molar-refractivity contribution in [2.75, 3.05) is 0 Å². The Morgan fingerprint density at radius 3 is 1.58 bits per heavy atom. The van der Waals surface area contributed by atoms with Crippen LogP contribution in [0.1, 0.15) is 25.0 Å². The van der Waals surface area contributed by atoms with E-state index in [-0.39, 0.29) is 5.41 Å². The average molecular weight is 675 g/mol. The van der Waals surface area contributed by atoms with Gasteiger partial charge in [-0.05, 0) is 130 Å². The summed E-state index contributed by atoms with van der Waals surface area (Å²) in [5.74, 6) is 0. The van der Waals surface area contributed by atoms with Gasteiger partial charge < -0.3 is 0 Å². The van der Waals surface area contributed by atoms with Gasteiger partial charge in [0.25, 0.3) is 0 Å². The van der Waals surface area contributed by atoms with Gasteiger partial charge in [0.15, 0.2) is 0 Å². The second kappa shape index (κ2) is 11.2. The van der Waals surface area contributed by atoms with Crippen LogP contribution in [0.5, 0.6) is 0 Å². The SMILES string of the molecule is CC1(C)c2cc(-c3cnc4ccccc4n3)ccc2-c2cc3c(-c4ccc5ccccc5c4)c4ccccc4c(-c4ccc5ccccc5c4)c3cc21. The summed E-state index contributed by atoms with van der Waals surface area (Å²) in [7, 11) is 0. The summed E-state index contributed by atoms with van der Waals surface area (Å²) in [6, 6.07) is 60.2. The number of benzene rings is 9. The van der Waals surface area contributed by atoms with Crippen LogP contribution in [-0.4, -0.2) is 9.97 Å². The second-order valence-electron chi connectivity index (χ2n) is 15.0. The van der Waals surface area contributed by atoms with E-state index >= 15 is 0 Å². The predicted octanol–water partition coefficient (Wildman–Crippen LogP) is 13.5. The van der Waals surface area contributed by atoms with Crippen LogP contribution in [0.15, 0.2) is 170 Å². The molecule has 0 N–H and O–H groups in total. The first kappa shape index (κ1) is 30.0. The summed E-state index contributed by atoms with van der Waals surface area (Å²) in [5, 5.41) is 10.1. The topological polar surface area (TPSA) is 25.8 Å². The minimum Gasteiger partial charge on any atom is -0.252 e. The minimum absolute atomic E-state index is 0.228. The third-order valence-electron chi connectivity index (χ3n) is 11.6. The normalized spacial score (nSPS) is 13.2. The van der Waals surface area contributed by atoms with Gasteiger partial charge in [0.2, 0.25) is 0 Å². The molecule has 53 heavy (non-hydrogen) atoms. The van der Waals surface area contributed by atoms with Crippen molar-refractivity contribution in [2.45, 2.75) is 19.3 Å². The molecule has 0 saturated carbocycles. The van der Waals surface area contributed by atoms with Crippen LogP contribution in [0, 0.1) is 0 Å². The Hall–Kier alpha value is -6.64. The van der Waals surface area contributed by atoms with Gasteiger partial charge in [0.05, 0.1) is 22.9 Å². The van der Waals surface area contributed by atoms with Gasteiger partial charge in [-0.15, -0.1) is 0 Å².